The SMILES string of the molecule is O=C(CCS(=O)(=O)C1CCCC1)NCc1cccc(C(F)(F)F)c1. The molecule has 2 rings (SSSR count). The zero-order valence-corrected chi connectivity index (χ0v) is 13.9. The van der Waals surface area contributed by atoms with E-state index in [1.807, 2.05) is 0 Å². The van der Waals surface area contributed by atoms with Crippen molar-refractivity contribution in [3.63, 3.8) is 0 Å². The molecule has 4 nitrogen and oxygen atoms in total. The van der Waals surface area contributed by atoms with Crippen LogP contribution in [0.3, 0.4) is 0 Å². The highest BCUT2D eigenvalue weighted by Crippen LogP contribution is 2.29. The van der Waals surface area contributed by atoms with Crippen LogP contribution >= 0.6 is 0 Å². The minimum absolute atomic E-state index is 0.0633. The average molecular weight is 363 g/mol. The number of nitrogens with one attached hydrogen (secondary N) is 1. The smallest absolute Gasteiger partial charge is 0.352 e. The number of amides is 1. The molecule has 1 fully saturated rings. The lowest BCUT2D eigenvalue weighted by atomic mass is 10.1. The van der Waals surface area contributed by atoms with E-state index in [0.717, 1.165) is 25.0 Å². The molecule has 1 saturated carbocycles. The number of hydrogen-bond donors (Lipinski definition) is 1. The first kappa shape index (κ1) is 18.8. The van der Waals surface area contributed by atoms with Crippen molar-refractivity contribution in [3.05, 3.63) is 35.4 Å². The fourth-order valence-electron chi connectivity index (χ4n) is 2.80. The van der Waals surface area contributed by atoms with E-state index in [-0.39, 0.29) is 24.0 Å². The summed E-state index contributed by atoms with van der Waals surface area (Å²) in [6.45, 7) is -0.0633. The van der Waals surface area contributed by atoms with Gasteiger partial charge in [0.1, 0.15) is 0 Å². The van der Waals surface area contributed by atoms with Gasteiger partial charge in [-0.3, -0.25) is 4.79 Å². The Morgan fingerprint density at radius 2 is 1.88 bits per heavy atom. The Balaban J connectivity index is 1.83. The monoisotopic (exact) mass is 363 g/mol. The topological polar surface area (TPSA) is 63.2 Å². The van der Waals surface area contributed by atoms with Crippen LogP contribution in [0.4, 0.5) is 13.2 Å². The lowest BCUT2D eigenvalue weighted by molar-refractivity contribution is -0.137. The Morgan fingerprint density at radius 1 is 1.21 bits per heavy atom. The third-order valence-corrected chi connectivity index (χ3v) is 6.43. The number of hydrogen-bond acceptors (Lipinski definition) is 3. The van der Waals surface area contributed by atoms with Gasteiger partial charge in [0.25, 0.3) is 0 Å². The fraction of sp³-hybridized carbons (Fsp3) is 0.562. The van der Waals surface area contributed by atoms with Gasteiger partial charge in [0.2, 0.25) is 5.91 Å². The van der Waals surface area contributed by atoms with Crippen LogP contribution in [0, 0.1) is 0 Å². The maximum atomic E-state index is 12.6. The molecule has 0 heterocycles. The minimum Gasteiger partial charge on any atom is -0.352 e. The van der Waals surface area contributed by atoms with Gasteiger partial charge in [-0.15, -0.1) is 0 Å². The van der Waals surface area contributed by atoms with Crippen molar-refractivity contribution < 1.29 is 26.4 Å². The number of halogens is 3. The Labute approximate surface area is 139 Å². The highest BCUT2D eigenvalue weighted by atomic mass is 32.2. The van der Waals surface area contributed by atoms with Crippen LogP contribution in [0.5, 0.6) is 0 Å². The fourth-order valence-corrected chi connectivity index (χ4v) is 4.65. The highest BCUT2D eigenvalue weighted by Gasteiger charge is 2.30. The third-order valence-electron chi connectivity index (χ3n) is 4.17. The van der Waals surface area contributed by atoms with Crippen LogP contribution in [-0.4, -0.2) is 25.3 Å². The number of carbonyl (C=O) groups is 1. The van der Waals surface area contributed by atoms with Crippen LogP contribution in [0.1, 0.15) is 43.2 Å². The van der Waals surface area contributed by atoms with Gasteiger partial charge < -0.3 is 5.32 Å². The summed E-state index contributed by atoms with van der Waals surface area (Å²) in [6.07, 6.45) is -1.52. The van der Waals surface area contributed by atoms with Gasteiger partial charge in [-0.25, -0.2) is 8.42 Å². The molecule has 0 aromatic heterocycles. The molecule has 0 saturated heterocycles. The molecular formula is C16H20F3NO3S. The summed E-state index contributed by atoms with van der Waals surface area (Å²) < 4.78 is 62.0. The van der Waals surface area contributed by atoms with Crippen LogP contribution in [0.25, 0.3) is 0 Å². The molecule has 1 aromatic carbocycles. The lowest BCUT2D eigenvalue weighted by Crippen LogP contribution is -2.28. The van der Waals surface area contributed by atoms with Gasteiger partial charge in [-0.05, 0) is 30.5 Å². The van der Waals surface area contributed by atoms with Gasteiger partial charge in [0.15, 0.2) is 9.84 Å². The predicted molar refractivity (Wildman–Crippen MR) is 84.0 cm³/mol. The second kappa shape index (κ2) is 7.55. The molecule has 0 aliphatic heterocycles. The molecule has 134 valence electrons. The maximum Gasteiger partial charge on any atom is 0.416 e. The molecular weight excluding hydrogens is 343 g/mol. The van der Waals surface area contributed by atoms with Crippen molar-refractivity contribution in [2.75, 3.05) is 5.75 Å². The van der Waals surface area contributed by atoms with E-state index in [4.69, 9.17) is 0 Å². The molecule has 0 spiro atoms. The van der Waals surface area contributed by atoms with Gasteiger partial charge in [-0.2, -0.15) is 13.2 Å². The standard InChI is InChI=1S/C16H20F3NO3S/c17-16(18,19)13-5-3-4-12(10-13)11-20-15(21)8-9-24(22,23)14-6-1-2-7-14/h3-5,10,14H,1-2,6-9,11H2,(H,20,21). The van der Waals surface area contributed by atoms with Crippen LogP contribution in [-0.2, 0) is 27.4 Å². The molecule has 0 bridgehead atoms. The zero-order chi connectivity index (χ0) is 17.8. The molecule has 1 amide bonds. The van der Waals surface area contributed by atoms with Crippen molar-refractivity contribution in [2.24, 2.45) is 0 Å². The number of rotatable bonds is 6. The highest BCUT2D eigenvalue weighted by molar-refractivity contribution is 7.92. The van der Waals surface area contributed by atoms with E-state index in [1.54, 1.807) is 0 Å². The van der Waals surface area contributed by atoms with Crippen molar-refractivity contribution in [2.45, 2.75) is 50.1 Å². The maximum absolute atomic E-state index is 12.6. The Hall–Kier alpha value is -1.57. The van der Waals surface area contributed by atoms with Gasteiger partial charge in [-0.1, -0.05) is 25.0 Å². The largest absolute Gasteiger partial charge is 0.416 e. The third kappa shape index (κ3) is 5.22. The average Bonchev–Trinajstić information content (AvgIpc) is 3.06. The summed E-state index contributed by atoms with van der Waals surface area (Å²) in [5.41, 5.74) is -0.463. The molecule has 24 heavy (non-hydrogen) atoms. The first-order valence-electron chi connectivity index (χ1n) is 7.83. The molecule has 1 N–H and O–H groups in total. The molecule has 1 aliphatic rings. The summed E-state index contributed by atoms with van der Waals surface area (Å²) in [6, 6.07) is 4.68. The van der Waals surface area contributed by atoms with E-state index in [0.29, 0.717) is 18.4 Å². The summed E-state index contributed by atoms with van der Waals surface area (Å²) in [5, 5.41) is 2.12. The molecule has 1 aromatic rings. The van der Waals surface area contributed by atoms with E-state index in [2.05, 4.69) is 5.32 Å². The van der Waals surface area contributed by atoms with E-state index < -0.39 is 27.5 Å². The quantitative estimate of drug-likeness (QED) is 0.845. The first-order chi connectivity index (χ1) is 11.2. The van der Waals surface area contributed by atoms with Crippen molar-refractivity contribution >= 4 is 15.7 Å². The van der Waals surface area contributed by atoms with Crippen molar-refractivity contribution in [1.29, 1.82) is 0 Å². The van der Waals surface area contributed by atoms with Crippen LogP contribution in [0.2, 0.25) is 0 Å². The molecule has 0 radical (unpaired) electrons. The van der Waals surface area contributed by atoms with Crippen molar-refractivity contribution in [3.8, 4) is 0 Å². The number of alkyl halides is 3. The zero-order valence-electron chi connectivity index (χ0n) is 13.1. The number of sulfone groups is 1. The van der Waals surface area contributed by atoms with Crippen LogP contribution < -0.4 is 5.32 Å². The predicted octanol–water partition coefficient (Wildman–Crippen LogP) is 3.07. The molecule has 0 unspecified atom stereocenters. The lowest BCUT2D eigenvalue weighted by Gasteiger charge is -2.12. The number of carbonyl (C=O) groups excluding carboxylic acids is 1. The van der Waals surface area contributed by atoms with Crippen molar-refractivity contribution in [1.82, 2.24) is 5.32 Å². The van der Waals surface area contributed by atoms with E-state index >= 15 is 0 Å². The second-order valence-corrected chi connectivity index (χ2v) is 8.40. The van der Waals surface area contributed by atoms with E-state index in [1.165, 1.54) is 12.1 Å². The Morgan fingerprint density at radius 3 is 2.50 bits per heavy atom. The van der Waals surface area contributed by atoms with Crippen LogP contribution in [0.15, 0.2) is 24.3 Å². The Bertz CT molecular complexity index is 680. The number of benzene rings is 1. The summed E-state index contributed by atoms with van der Waals surface area (Å²) in [4.78, 5) is 11.8. The van der Waals surface area contributed by atoms with E-state index in [9.17, 15) is 26.4 Å². The van der Waals surface area contributed by atoms with Gasteiger partial charge in [0, 0.05) is 13.0 Å². The van der Waals surface area contributed by atoms with Gasteiger partial charge >= 0.3 is 6.18 Å². The summed E-state index contributed by atoms with van der Waals surface area (Å²) >= 11 is 0. The molecule has 8 heteroatoms. The normalized spacial score (nSPS) is 16.3. The van der Waals surface area contributed by atoms with Gasteiger partial charge in [0.05, 0.1) is 16.6 Å². The Kier molecular flexibility index (Phi) is 5.90. The molecule has 0 atom stereocenters. The first-order valence-corrected chi connectivity index (χ1v) is 9.54. The molecule has 1 aliphatic carbocycles. The summed E-state index contributed by atoms with van der Waals surface area (Å²) in [7, 11) is -3.27. The minimum atomic E-state index is -4.44. The summed E-state index contributed by atoms with van der Waals surface area (Å²) in [5.74, 6) is -0.694. The second-order valence-electron chi connectivity index (χ2n) is 6.00.